The van der Waals surface area contributed by atoms with Crippen LogP contribution in [0.15, 0.2) is 65.8 Å². The lowest BCUT2D eigenvalue weighted by molar-refractivity contribution is 0.198. The average Bonchev–Trinajstić information content (AvgIpc) is 3.19. The van der Waals surface area contributed by atoms with E-state index in [0.29, 0.717) is 6.04 Å². The van der Waals surface area contributed by atoms with Crippen molar-refractivity contribution in [2.75, 3.05) is 26.2 Å². The van der Waals surface area contributed by atoms with Crippen molar-refractivity contribution in [1.82, 2.24) is 20.5 Å². The van der Waals surface area contributed by atoms with E-state index in [-0.39, 0.29) is 24.0 Å². The number of rotatable bonds is 7. The molecule has 0 aliphatic carbocycles. The molecule has 2 aromatic carbocycles. The molecule has 1 aliphatic heterocycles. The van der Waals surface area contributed by atoms with E-state index in [4.69, 9.17) is 4.99 Å². The number of hydrogen-bond acceptors (Lipinski definition) is 2. The predicted molar refractivity (Wildman–Crippen MR) is 141 cm³/mol. The Balaban J connectivity index is 0.00000272. The predicted octanol–water partition coefficient (Wildman–Crippen LogP) is 4.55. The second kappa shape index (κ2) is 12.1. The zero-order valence-corrected chi connectivity index (χ0v) is 20.6. The lowest BCUT2D eigenvalue weighted by Gasteiger charge is -2.33. The van der Waals surface area contributed by atoms with Crippen LogP contribution < -0.4 is 10.6 Å². The maximum Gasteiger partial charge on any atom is 0.191 e. The molecule has 5 nitrogen and oxygen atoms in total. The number of para-hydroxylation sites is 1. The van der Waals surface area contributed by atoms with Gasteiger partial charge in [0.05, 0.1) is 0 Å². The molecule has 166 valence electrons. The van der Waals surface area contributed by atoms with Gasteiger partial charge in [-0.15, -0.1) is 24.0 Å². The zero-order valence-electron chi connectivity index (χ0n) is 18.3. The first-order valence-corrected chi connectivity index (χ1v) is 11.2. The second-order valence-electron chi connectivity index (χ2n) is 8.05. The van der Waals surface area contributed by atoms with E-state index in [2.05, 4.69) is 88.2 Å². The number of H-pyrrole nitrogens is 1. The Morgan fingerprint density at radius 1 is 1.06 bits per heavy atom. The highest BCUT2D eigenvalue weighted by molar-refractivity contribution is 14.0. The summed E-state index contributed by atoms with van der Waals surface area (Å²) < 4.78 is 0. The summed E-state index contributed by atoms with van der Waals surface area (Å²) >= 11 is 0. The normalized spacial score (nSPS) is 15.6. The maximum atomic E-state index is 4.84. The van der Waals surface area contributed by atoms with Crippen molar-refractivity contribution in [3.63, 3.8) is 0 Å². The number of likely N-dealkylation sites (tertiary alicyclic amines) is 1. The molecule has 3 aromatic rings. The van der Waals surface area contributed by atoms with Crippen LogP contribution >= 0.6 is 24.0 Å². The lowest BCUT2D eigenvalue weighted by Crippen LogP contribution is -2.48. The van der Waals surface area contributed by atoms with Gasteiger partial charge in [0.15, 0.2) is 5.96 Å². The highest BCUT2D eigenvalue weighted by atomic mass is 127. The van der Waals surface area contributed by atoms with Crippen LogP contribution in [0, 0.1) is 0 Å². The van der Waals surface area contributed by atoms with Gasteiger partial charge in [-0.05, 0) is 43.4 Å². The SMILES string of the molecule is CCNC(=NCCc1c[nH]c2ccccc12)NC1CCN(Cc2ccccc2)CC1.I. The third-order valence-corrected chi connectivity index (χ3v) is 5.85. The monoisotopic (exact) mass is 531 g/mol. The Bertz CT molecular complexity index is 945. The molecule has 4 rings (SSSR count). The smallest absolute Gasteiger partial charge is 0.191 e. The summed E-state index contributed by atoms with van der Waals surface area (Å²) in [6, 6.07) is 19.7. The first-order valence-electron chi connectivity index (χ1n) is 11.2. The number of fused-ring (bicyclic) bond motifs is 1. The zero-order chi connectivity index (χ0) is 20.6. The number of hydrogen-bond donors (Lipinski definition) is 3. The molecule has 0 bridgehead atoms. The van der Waals surface area contributed by atoms with Gasteiger partial charge in [0.25, 0.3) is 0 Å². The molecular weight excluding hydrogens is 497 g/mol. The number of nitrogens with zero attached hydrogens (tertiary/aromatic N) is 2. The van der Waals surface area contributed by atoms with Crippen molar-refractivity contribution < 1.29 is 0 Å². The highest BCUT2D eigenvalue weighted by Crippen LogP contribution is 2.18. The van der Waals surface area contributed by atoms with Crippen LogP contribution in [0.3, 0.4) is 0 Å². The Kier molecular flexibility index (Phi) is 9.21. The van der Waals surface area contributed by atoms with Crippen molar-refractivity contribution in [3.05, 3.63) is 71.9 Å². The van der Waals surface area contributed by atoms with Crippen LogP contribution in [0.1, 0.15) is 30.9 Å². The van der Waals surface area contributed by atoms with E-state index in [0.717, 1.165) is 57.9 Å². The Hall–Kier alpha value is -2.06. The molecule has 1 aliphatic rings. The molecule has 2 heterocycles. The third-order valence-electron chi connectivity index (χ3n) is 5.85. The van der Waals surface area contributed by atoms with E-state index in [1.165, 1.54) is 22.0 Å². The maximum absolute atomic E-state index is 4.84. The van der Waals surface area contributed by atoms with E-state index in [1.54, 1.807) is 0 Å². The summed E-state index contributed by atoms with van der Waals surface area (Å²) in [5, 5.41) is 8.38. The number of nitrogens with one attached hydrogen (secondary N) is 3. The van der Waals surface area contributed by atoms with E-state index < -0.39 is 0 Å². The molecule has 1 saturated heterocycles. The van der Waals surface area contributed by atoms with Gasteiger partial charge in [-0.25, -0.2) is 0 Å². The summed E-state index contributed by atoms with van der Waals surface area (Å²) in [4.78, 5) is 10.7. The van der Waals surface area contributed by atoms with Crippen molar-refractivity contribution in [3.8, 4) is 0 Å². The molecule has 6 heteroatoms. The minimum atomic E-state index is 0. The molecule has 0 atom stereocenters. The standard InChI is InChI=1S/C25H33N5.HI/c1-2-26-25(27-15-12-21-18-28-24-11-7-6-10-23(21)24)29-22-13-16-30(17-14-22)19-20-8-4-3-5-9-20;/h3-11,18,22,28H,2,12-17,19H2,1H3,(H2,26,27,29);1H. The summed E-state index contributed by atoms with van der Waals surface area (Å²) in [7, 11) is 0. The van der Waals surface area contributed by atoms with Crippen LogP contribution in [0.4, 0.5) is 0 Å². The van der Waals surface area contributed by atoms with Gasteiger partial charge in [0.1, 0.15) is 0 Å². The van der Waals surface area contributed by atoms with Crippen molar-refractivity contribution in [2.24, 2.45) is 4.99 Å². The molecular formula is C25H34IN5. The van der Waals surface area contributed by atoms with Crippen LogP contribution in [0.25, 0.3) is 10.9 Å². The molecule has 0 amide bonds. The fraction of sp³-hybridized carbons (Fsp3) is 0.400. The van der Waals surface area contributed by atoms with E-state index in [1.807, 2.05) is 0 Å². The molecule has 0 spiro atoms. The average molecular weight is 531 g/mol. The van der Waals surface area contributed by atoms with Crippen LogP contribution in [-0.4, -0.2) is 48.1 Å². The molecule has 31 heavy (non-hydrogen) atoms. The number of guanidine groups is 1. The molecule has 0 unspecified atom stereocenters. The minimum absolute atomic E-state index is 0. The summed E-state index contributed by atoms with van der Waals surface area (Å²) in [5.41, 5.74) is 3.93. The third kappa shape index (κ3) is 6.71. The fourth-order valence-corrected chi connectivity index (χ4v) is 4.22. The fourth-order valence-electron chi connectivity index (χ4n) is 4.22. The number of aliphatic imine (C=N–C) groups is 1. The van der Waals surface area contributed by atoms with Gasteiger partial charge in [-0.2, -0.15) is 0 Å². The van der Waals surface area contributed by atoms with Crippen LogP contribution in [0.2, 0.25) is 0 Å². The van der Waals surface area contributed by atoms with E-state index in [9.17, 15) is 0 Å². The first kappa shape index (κ1) is 23.6. The molecule has 3 N–H and O–H groups in total. The van der Waals surface area contributed by atoms with Crippen molar-refractivity contribution >= 4 is 40.8 Å². The molecule has 1 fully saturated rings. The molecule has 0 saturated carbocycles. The Morgan fingerprint density at radius 3 is 2.58 bits per heavy atom. The number of halogens is 1. The number of benzene rings is 2. The summed E-state index contributed by atoms with van der Waals surface area (Å²) in [6.45, 7) is 7.09. The van der Waals surface area contributed by atoms with E-state index >= 15 is 0 Å². The van der Waals surface area contributed by atoms with Crippen LogP contribution in [0.5, 0.6) is 0 Å². The Morgan fingerprint density at radius 2 is 1.81 bits per heavy atom. The first-order chi connectivity index (χ1) is 14.8. The summed E-state index contributed by atoms with van der Waals surface area (Å²) in [6.07, 6.45) is 5.36. The van der Waals surface area contributed by atoms with Crippen molar-refractivity contribution in [1.29, 1.82) is 0 Å². The number of aromatic nitrogens is 1. The molecule has 0 radical (unpaired) electrons. The topological polar surface area (TPSA) is 55.5 Å². The summed E-state index contributed by atoms with van der Waals surface area (Å²) in [5.74, 6) is 0.943. The van der Waals surface area contributed by atoms with Crippen molar-refractivity contribution in [2.45, 2.75) is 38.8 Å². The second-order valence-corrected chi connectivity index (χ2v) is 8.05. The lowest BCUT2D eigenvalue weighted by atomic mass is 10.0. The Labute approximate surface area is 202 Å². The van der Waals surface area contributed by atoms with Gasteiger partial charge in [-0.1, -0.05) is 48.5 Å². The minimum Gasteiger partial charge on any atom is -0.361 e. The van der Waals surface area contributed by atoms with Crippen LogP contribution in [-0.2, 0) is 13.0 Å². The van der Waals surface area contributed by atoms with Gasteiger partial charge >= 0.3 is 0 Å². The molecule has 1 aromatic heterocycles. The number of piperidine rings is 1. The highest BCUT2D eigenvalue weighted by Gasteiger charge is 2.20. The van der Waals surface area contributed by atoms with Gasteiger partial charge in [0.2, 0.25) is 0 Å². The quantitative estimate of drug-likeness (QED) is 0.238. The largest absolute Gasteiger partial charge is 0.361 e. The number of aromatic amines is 1. The van der Waals surface area contributed by atoms with Gasteiger partial charge in [-0.3, -0.25) is 9.89 Å². The van der Waals surface area contributed by atoms with Gasteiger partial charge < -0.3 is 15.6 Å². The van der Waals surface area contributed by atoms with Gasteiger partial charge in [0, 0.05) is 55.9 Å².